The molecule has 2 aromatic carbocycles. The normalized spacial score (nSPS) is 27.8. The Bertz CT molecular complexity index is 1180. The van der Waals surface area contributed by atoms with Crippen molar-refractivity contribution in [1.29, 1.82) is 0 Å². The highest BCUT2D eigenvalue weighted by molar-refractivity contribution is 5.35. The van der Waals surface area contributed by atoms with Crippen molar-refractivity contribution in [3.63, 3.8) is 0 Å². The molecule has 0 bridgehead atoms. The van der Waals surface area contributed by atoms with Gasteiger partial charge in [0.05, 0.1) is 42.1 Å². The van der Waals surface area contributed by atoms with Gasteiger partial charge >= 0.3 is 12.4 Å². The van der Waals surface area contributed by atoms with E-state index in [9.17, 15) is 35.8 Å². The average Bonchev–Trinajstić information content (AvgIpc) is 3.28. The number of likely N-dealkylation sites (tertiary alicyclic amines) is 1. The predicted octanol–water partition coefficient (Wildman–Crippen LogP) is 6.70. The smallest absolute Gasteiger partial charge is 0.390 e. The summed E-state index contributed by atoms with van der Waals surface area (Å²) in [6.07, 6.45) is -10.0. The summed E-state index contributed by atoms with van der Waals surface area (Å²) in [5.41, 5.74) is -2.94. The van der Waals surface area contributed by atoms with Gasteiger partial charge in [-0.05, 0) is 80.0 Å². The summed E-state index contributed by atoms with van der Waals surface area (Å²) in [4.78, 5) is 2.26. The van der Waals surface area contributed by atoms with Crippen molar-refractivity contribution >= 4 is 0 Å². The van der Waals surface area contributed by atoms with E-state index in [1.165, 1.54) is 19.1 Å². The highest BCUT2D eigenvalue weighted by Gasteiger charge is 2.46. The molecule has 0 amide bonds. The quantitative estimate of drug-likeness (QED) is 0.372. The van der Waals surface area contributed by atoms with Crippen molar-refractivity contribution < 1.29 is 50.1 Å². The first kappa shape index (κ1) is 31.2. The number of hydrogen-bond acceptors (Lipinski definition) is 5. The number of halogens is 7. The SMILES string of the molecule is C[C@@H](O[C@H]1OCCC(CN2CCC3(CC2)OCC[C@H]3O)[C@H]1c1ccc(F)cc1)c1cc(C(F)(F)F)cc(C(F)(F)F)c1. The number of piperidine rings is 1. The maximum atomic E-state index is 13.8. The number of hydrogen-bond donors (Lipinski definition) is 1. The molecule has 1 N–H and O–H groups in total. The molecule has 5 rings (SSSR count). The van der Waals surface area contributed by atoms with Crippen LogP contribution in [0.5, 0.6) is 0 Å². The fourth-order valence-electron chi connectivity index (χ4n) is 6.43. The van der Waals surface area contributed by atoms with Crippen LogP contribution in [0.15, 0.2) is 42.5 Å². The molecular formula is C30H34F7NO4. The van der Waals surface area contributed by atoms with Crippen LogP contribution in [0, 0.1) is 11.7 Å². The van der Waals surface area contributed by atoms with Crippen molar-refractivity contribution in [2.45, 2.75) is 75.0 Å². The summed E-state index contributed by atoms with van der Waals surface area (Å²) >= 11 is 0. The van der Waals surface area contributed by atoms with E-state index >= 15 is 0 Å². The molecule has 232 valence electrons. The van der Waals surface area contributed by atoms with E-state index in [-0.39, 0.29) is 24.2 Å². The predicted molar refractivity (Wildman–Crippen MR) is 138 cm³/mol. The summed E-state index contributed by atoms with van der Waals surface area (Å²) in [7, 11) is 0. The highest BCUT2D eigenvalue weighted by Crippen LogP contribution is 2.43. The van der Waals surface area contributed by atoms with E-state index < -0.39 is 59.3 Å². The zero-order chi connectivity index (χ0) is 30.3. The fraction of sp³-hybridized carbons (Fsp3) is 0.600. The Balaban J connectivity index is 1.37. The molecule has 12 heteroatoms. The molecule has 3 aliphatic heterocycles. The first-order valence-corrected chi connectivity index (χ1v) is 14.1. The third-order valence-corrected chi connectivity index (χ3v) is 8.83. The molecule has 3 aliphatic rings. The zero-order valence-electron chi connectivity index (χ0n) is 23.1. The van der Waals surface area contributed by atoms with Gasteiger partial charge in [0, 0.05) is 25.6 Å². The number of nitrogens with zero attached hydrogens (tertiary/aromatic N) is 1. The van der Waals surface area contributed by atoms with Gasteiger partial charge in [-0.25, -0.2) is 4.39 Å². The van der Waals surface area contributed by atoms with E-state index in [2.05, 4.69) is 4.90 Å². The van der Waals surface area contributed by atoms with E-state index in [1.54, 1.807) is 12.1 Å². The van der Waals surface area contributed by atoms with Gasteiger partial charge in [0.15, 0.2) is 6.29 Å². The van der Waals surface area contributed by atoms with Gasteiger partial charge in [-0.15, -0.1) is 0 Å². The lowest BCUT2D eigenvalue weighted by molar-refractivity contribution is -0.211. The molecule has 0 radical (unpaired) electrons. The highest BCUT2D eigenvalue weighted by atomic mass is 19.4. The molecule has 0 aliphatic carbocycles. The number of aliphatic hydroxyl groups is 1. The van der Waals surface area contributed by atoms with Crippen LogP contribution in [0.4, 0.5) is 30.7 Å². The Morgan fingerprint density at radius 2 is 1.57 bits per heavy atom. The summed E-state index contributed by atoms with van der Waals surface area (Å²) in [5.74, 6) is -0.964. The Hall–Kier alpha value is -2.25. The van der Waals surface area contributed by atoms with Crippen molar-refractivity contribution in [3.8, 4) is 0 Å². The molecule has 3 fully saturated rings. The number of ether oxygens (including phenoxy) is 3. The number of alkyl halides is 6. The van der Waals surface area contributed by atoms with Crippen molar-refractivity contribution in [3.05, 3.63) is 70.5 Å². The minimum absolute atomic E-state index is 0.0582. The minimum Gasteiger partial charge on any atom is -0.390 e. The zero-order valence-corrected chi connectivity index (χ0v) is 23.1. The lowest BCUT2D eigenvalue weighted by atomic mass is 9.80. The second kappa shape index (κ2) is 12.0. The lowest BCUT2D eigenvalue weighted by Crippen LogP contribution is -2.51. The third-order valence-electron chi connectivity index (χ3n) is 8.83. The molecule has 0 aromatic heterocycles. The lowest BCUT2D eigenvalue weighted by Gasteiger charge is -2.44. The minimum atomic E-state index is -4.98. The van der Waals surface area contributed by atoms with Gasteiger partial charge in [-0.2, -0.15) is 26.3 Å². The van der Waals surface area contributed by atoms with Crippen LogP contribution in [0.2, 0.25) is 0 Å². The van der Waals surface area contributed by atoms with E-state index in [0.717, 1.165) is 0 Å². The van der Waals surface area contributed by atoms with Crippen LogP contribution in [0.1, 0.15) is 66.9 Å². The summed E-state index contributed by atoms with van der Waals surface area (Å²) in [5, 5.41) is 10.4. The van der Waals surface area contributed by atoms with Crippen molar-refractivity contribution in [1.82, 2.24) is 4.90 Å². The maximum absolute atomic E-state index is 13.8. The standard InChI is InChI=1S/C30H34F7NO4/c1-18(21-14-22(29(32,33)34)16-23(15-21)30(35,36)37)42-27-26(19-2-4-24(31)5-3-19)20(6-12-40-27)17-38-10-8-28(9-11-38)25(39)7-13-41-28/h2-5,14-16,18,20,25-27,39H,6-13,17H2,1H3/t18-,20?,25-,26-,27-/m1/s1. The van der Waals surface area contributed by atoms with E-state index in [0.29, 0.717) is 69.6 Å². The molecule has 0 saturated carbocycles. The molecule has 2 aromatic rings. The molecule has 1 unspecified atom stereocenters. The van der Waals surface area contributed by atoms with Crippen LogP contribution < -0.4 is 0 Å². The first-order chi connectivity index (χ1) is 19.7. The van der Waals surface area contributed by atoms with Crippen molar-refractivity contribution in [2.75, 3.05) is 32.8 Å². The Morgan fingerprint density at radius 3 is 2.12 bits per heavy atom. The van der Waals surface area contributed by atoms with Crippen molar-refractivity contribution in [2.24, 2.45) is 5.92 Å². The van der Waals surface area contributed by atoms with Gasteiger partial charge < -0.3 is 24.2 Å². The number of rotatable bonds is 6. The monoisotopic (exact) mass is 605 g/mol. The van der Waals surface area contributed by atoms with Gasteiger partial charge in [0.1, 0.15) is 5.82 Å². The Labute approximate surface area is 239 Å². The number of aliphatic hydroxyl groups excluding tert-OH is 1. The molecular weight excluding hydrogens is 571 g/mol. The Morgan fingerprint density at radius 1 is 0.952 bits per heavy atom. The summed E-state index contributed by atoms with van der Waals surface area (Å²) in [6, 6.07) is 7.21. The molecule has 1 spiro atoms. The fourth-order valence-corrected chi connectivity index (χ4v) is 6.43. The van der Waals surface area contributed by atoms with E-state index in [4.69, 9.17) is 14.2 Å². The molecule has 42 heavy (non-hydrogen) atoms. The van der Waals surface area contributed by atoms with Crippen LogP contribution >= 0.6 is 0 Å². The number of benzene rings is 2. The topological polar surface area (TPSA) is 51.2 Å². The van der Waals surface area contributed by atoms with Crippen LogP contribution in [-0.4, -0.2) is 60.8 Å². The van der Waals surface area contributed by atoms with Gasteiger partial charge in [0.2, 0.25) is 0 Å². The molecule has 3 saturated heterocycles. The molecule has 5 atom stereocenters. The van der Waals surface area contributed by atoms with Crippen LogP contribution in [0.3, 0.4) is 0 Å². The Kier molecular flexibility index (Phi) is 8.93. The average molecular weight is 606 g/mol. The first-order valence-electron chi connectivity index (χ1n) is 14.1. The second-order valence-corrected chi connectivity index (χ2v) is 11.5. The summed E-state index contributed by atoms with van der Waals surface area (Å²) < 4.78 is 113. The van der Waals surface area contributed by atoms with Crippen LogP contribution in [-0.2, 0) is 26.6 Å². The van der Waals surface area contributed by atoms with Crippen LogP contribution in [0.25, 0.3) is 0 Å². The maximum Gasteiger partial charge on any atom is 0.416 e. The van der Waals surface area contributed by atoms with Gasteiger partial charge in [0.25, 0.3) is 0 Å². The molecule has 3 heterocycles. The van der Waals surface area contributed by atoms with Gasteiger partial charge in [-0.3, -0.25) is 0 Å². The second-order valence-electron chi connectivity index (χ2n) is 11.5. The molecule has 5 nitrogen and oxygen atoms in total. The summed E-state index contributed by atoms with van der Waals surface area (Å²) in [6.45, 7) is 4.19. The third kappa shape index (κ3) is 6.77. The largest absolute Gasteiger partial charge is 0.416 e. The van der Waals surface area contributed by atoms with Gasteiger partial charge in [-0.1, -0.05) is 12.1 Å². The van der Waals surface area contributed by atoms with E-state index in [1.807, 2.05) is 0 Å².